The van der Waals surface area contributed by atoms with Gasteiger partial charge in [0.25, 0.3) is 11.5 Å². The van der Waals surface area contributed by atoms with Crippen LogP contribution >= 0.6 is 0 Å². The molecule has 0 aliphatic carbocycles. The Hall–Kier alpha value is -5.68. The lowest BCUT2D eigenvalue weighted by Gasteiger charge is -2.21. The van der Waals surface area contributed by atoms with Crippen molar-refractivity contribution >= 4 is 28.0 Å². The fourth-order valence-corrected chi connectivity index (χ4v) is 4.97. The molecule has 1 unspecified atom stereocenters. The molecule has 42 heavy (non-hydrogen) atoms. The number of nitrogens with one attached hydrogen (secondary N) is 1. The Morgan fingerprint density at radius 3 is 2.50 bits per heavy atom. The van der Waals surface area contributed by atoms with E-state index in [1.165, 1.54) is 6.20 Å². The van der Waals surface area contributed by atoms with E-state index in [2.05, 4.69) is 27.2 Å². The topological polar surface area (TPSA) is 84.5 Å². The molecular formula is C34H28N6O2. The first kappa shape index (κ1) is 26.5. The molecule has 8 heteroatoms. The summed E-state index contributed by atoms with van der Waals surface area (Å²) >= 11 is 0. The van der Waals surface area contributed by atoms with Gasteiger partial charge in [-0.25, -0.2) is 9.50 Å². The molecule has 1 atom stereocenters. The quantitative estimate of drug-likeness (QED) is 0.305. The normalized spacial score (nSPS) is 11.6. The minimum absolute atomic E-state index is 0.208. The molecule has 1 amide bonds. The average molecular weight is 553 g/mol. The second-order valence-electron chi connectivity index (χ2n) is 10.1. The first-order valence-corrected chi connectivity index (χ1v) is 13.5. The highest BCUT2D eigenvalue weighted by atomic mass is 16.2. The van der Waals surface area contributed by atoms with Crippen molar-refractivity contribution < 1.29 is 4.79 Å². The van der Waals surface area contributed by atoms with Gasteiger partial charge in [0.2, 0.25) is 0 Å². The molecule has 0 bridgehead atoms. The number of hydrogen-bond acceptors (Lipinski definition) is 5. The van der Waals surface area contributed by atoms with Crippen LogP contribution < -0.4 is 15.8 Å². The summed E-state index contributed by atoms with van der Waals surface area (Å²) in [7, 11) is 3.98. The van der Waals surface area contributed by atoms with E-state index in [1.807, 2.05) is 105 Å². The third kappa shape index (κ3) is 5.00. The fourth-order valence-electron chi connectivity index (χ4n) is 4.97. The van der Waals surface area contributed by atoms with Crippen LogP contribution in [0.25, 0.3) is 22.1 Å². The molecule has 0 fully saturated rings. The monoisotopic (exact) mass is 552 g/mol. The van der Waals surface area contributed by atoms with E-state index in [4.69, 9.17) is 0 Å². The van der Waals surface area contributed by atoms with Crippen molar-refractivity contribution in [2.75, 3.05) is 19.0 Å². The third-order valence-corrected chi connectivity index (χ3v) is 7.13. The van der Waals surface area contributed by atoms with Crippen molar-refractivity contribution in [2.24, 2.45) is 0 Å². The lowest BCUT2D eigenvalue weighted by atomic mass is 10.0. The number of benzene rings is 3. The Morgan fingerprint density at radius 2 is 1.74 bits per heavy atom. The second-order valence-corrected chi connectivity index (χ2v) is 10.1. The van der Waals surface area contributed by atoms with E-state index < -0.39 is 6.04 Å². The first-order valence-electron chi connectivity index (χ1n) is 13.5. The van der Waals surface area contributed by atoms with Crippen LogP contribution in [0, 0.1) is 11.8 Å². The Labute approximate surface area is 242 Å². The summed E-state index contributed by atoms with van der Waals surface area (Å²) in [5.74, 6) is 6.11. The van der Waals surface area contributed by atoms with Crippen LogP contribution in [0.1, 0.15) is 40.1 Å². The van der Waals surface area contributed by atoms with E-state index >= 15 is 0 Å². The molecule has 0 radical (unpaired) electrons. The van der Waals surface area contributed by atoms with Crippen LogP contribution in [-0.2, 0) is 0 Å². The molecule has 6 aromatic rings. The van der Waals surface area contributed by atoms with Gasteiger partial charge in [-0.2, -0.15) is 5.10 Å². The maximum Gasteiger partial charge on any atom is 0.264 e. The number of hydrogen-bond donors (Lipinski definition) is 1. The highest BCUT2D eigenvalue weighted by Gasteiger charge is 2.21. The van der Waals surface area contributed by atoms with Gasteiger partial charge in [-0.1, -0.05) is 42.2 Å². The summed E-state index contributed by atoms with van der Waals surface area (Å²) in [5, 5.41) is 8.53. The predicted molar refractivity (Wildman–Crippen MR) is 165 cm³/mol. The predicted octanol–water partition coefficient (Wildman–Crippen LogP) is 4.99. The minimum atomic E-state index is -0.515. The first-order chi connectivity index (χ1) is 20.4. The zero-order valence-corrected chi connectivity index (χ0v) is 23.4. The van der Waals surface area contributed by atoms with Crippen LogP contribution in [0.5, 0.6) is 0 Å². The van der Waals surface area contributed by atoms with Crippen molar-refractivity contribution in [2.45, 2.75) is 13.0 Å². The Bertz CT molecular complexity index is 2050. The van der Waals surface area contributed by atoms with Gasteiger partial charge >= 0.3 is 0 Å². The van der Waals surface area contributed by atoms with Gasteiger partial charge in [-0.15, -0.1) is 0 Å². The molecule has 0 aliphatic rings. The maximum atomic E-state index is 14.2. The van der Waals surface area contributed by atoms with Crippen molar-refractivity contribution in [3.8, 4) is 17.5 Å². The third-order valence-electron chi connectivity index (χ3n) is 7.13. The van der Waals surface area contributed by atoms with Gasteiger partial charge in [0.15, 0.2) is 5.65 Å². The zero-order chi connectivity index (χ0) is 29.2. The lowest BCUT2D eigenvalue weighted by molar-refractivity contribution is 0.0940. The van der Waals surface area contributed by atoms with E-state index in [0.717, 1.165) is 16.6 Å². The van der Waals surface area contributed by atoms with Crippen LogP contribution in [0.4, 0.5) is 5.69 Å². The molecule has 6 rings (SSSR count). The van der Waals surface area contributed by atoms with Gasteiger partial charge in [-0.05, 0) is 66.9 Å². The highest BCUT2D eigenvalue weighted by Crippen LogP contribution is 2.24. The molecule has 8 nitrogen and oxygen atoms in total. The molecule has 3 aromatic carbocycles. The number of pyridine rings is 1. The maximum absolute atomic E-state index is 14.2. The molecule has 0 spiro atoms. The number of anilines is 1. The molecule has 3 aromatic heterocycles. The number of rotatable bonds is 5. The standard InChI is InChI=1S/C34H28N6O2/c1-23(37-33(41)29-22-36-39-20-8-19-35-32(29)39)30-21-26-10-7-9-25(16-13-24-14-17-27(18-15-24)38(2)3)31(26)34(42)40(30)28-11-5-4-6-12-28/h4-12,14-15,17-23H,1-3H3,(H,37,41). The van der Waals surface area contributed by atoms with Crippen molar-refractivity contribution in [1.29, 1.82) is 0 Å². The highest BCUT2D eigenvalue weighted by molar-refractivity contribution is 5.99. The van der Waals surface area contributed by atoms with Gasteiger partial charge < -0.3 is 10.2 Å². The summed E-state index contributed by atoms with van der Waals surface area (Å²) in [4.78, 5) is 33.9. The summed E-state index contributed by atoms with van der Waals surface area (Å²) in [5.41, 5.74) is 4.52. The summed E-state index contributed by atoms with van der Waals surface area (Å²) in [6.45, 7) is 1.86. The Balaban J connectivity index is 1.44. The molecular weight excluding hydrogens is 524 g/mol. The largest absolute Gasteiger partial charge is 0.378 e. The fraction of sp³-hybridized carbons (Fsp3) is 0.118. The van der Waals surface area contributed by atoms with E-state index in [1.54, 1.807) is 27.5 Å². The summed E-state index contributed by atoms with van der Waals surface area (Å²) in [6, 6.07) is 26.2. The van der Waals surface area contributed by atoms with Crippen molar-refractivity contribution in [1.82, 2.24) is 24.5 Å². The smallest absolute Gasteiger partial charge is 0.264 e. The van der Waals surface area contributed by atoms with E-state index in [-0.39, 0.29) is 11.5 Å². The number of carbonyl (C=O) groups is 1. The van der Waals surface area contributed by atoms with Crippen LogP contribution in [0.2, 0.25) is 0 Å². The number of amides is 1. The van der Waals surface area contributed by atoms with E-state index in [9.17, 15) is 9.59 Å². The zero-order valence-electron chi connectivity index (χ0n) is 23.4. The Morgan fingerprint density at radius 1 is 0.952 bits per heavy atom. The SMILES string of the molecule is CC(NC(=O)c1cnn2cccnc12)c1cc2cccc(C#Cc3ccc(N(C)C)cc3)c2c(=O)n1-c1ccccc1. The number of aromatic nitrogens is 4. The molecule has 0 aliphatic heterocycles. The van der Waals surface area contributed by atoms with E-state index in [0.29, 0.717) is 33.5 Å². The van der Waals surface area contributed by atoms with Crippen LogP contribution in [0.15, 0.2) is 108 Å². The minimum Gasteiger partial charge on any atom is -0.378 e. The molecule has 3 heterocycles. The average Bonchev–Trinajstić information content (AvgIpc) is 3.45. The molecule has 0 saturated heterocycles. The molecule has 0 saturated carbocycles. The van der Waals surface area contributed by atoms with Crippen molar-refractivity contribution in [3.05, 3.63) is 136 Å². The number of para-hydroxylation sites is 1. The number of nitrogens with zero attached hydrogens (tertiary/aromatic N) is 5. The van der Waals surface area contributed by atoms with Gasteiger partial charge in [0.1, 0.15) is 5.56 Å². The summed E-state index contributed by atoms with van der Waals surface area (Å²) < 4.78 is 3.20. The summed E-state index contributed by atoms with van der Waals surface area (Å²) in [6.07, 6.45) is 4.85. The number of fused-ring (bicyclic) bond motifs is 2. The van der Waals surface area contributed by atoms with Gasteiger partial charge in [0, 0.05) is 54.7 Å². The van der Waals surface area contributed by atoms with Gasteiger partial charge in [-0.3, -0.25) is 14.2 Å². The molecule has 206 valence electrons. The second kappa shape index (κ2) is 11.1. The van der Waals surface area contributed by atoms with Crippen molar-refractivity contribution in [3.63, 3.8) is 0 Å². The Kier molecular flexibility index (Phi) is 6.99. The van der Waals surface area contributed by atoms with Crippen LogP contribution in [-0.4, -0.2) is 39.2 Å². The van der Waals surface area contributed by atoms with Crippen LogP contribution in [0.3, 0.4) is 0 Å². The molecule has 1 N–H and O–H groups in total. The van der Waals surface area contributed by atoms with Gasteiger partial charge in [0.05, 0.1) is 17.6 Å². The number of carbonyl (C=O) groups excluding carboxylic acids is 1. The lowest BCUT2D eigenvalue weighted by Crippen LogP contribution is -2.32.